The molecule has 1 aromatic heterocycles. The smallest absolute Gasteiger partial charge is 0.321 e. The van der Waals surface area contributed by atoms with Crippen molar-refractivity contribution < 1.29 is 14.1 Å². The molecule has 1 aliphatic rings. The molecule has 1 fully saturated rings. The van der Waals surface area contributed by atoms with Gasteiger partial charge in [-0.25, -0.2) is 4.79 Å². The number of aromatic nitrogens is 2. The van der Waals surface area contributed by atoms with Crippen molar-refractivity contribution in [2.24, 2.45) is 5.92 Å². The minimum Gasteiger partial charge on any atom is -0.494 e. The number of hydrogen-bond donors (Lipinski definition) is 1. The fourth-order valence-corrected chi connectivity index (χ4v) is 3.59. The molecular weight excluding hydrogens is 370 g/mol. The van der Waals surface area contributed by atoms with E-state index >= 15 is 0 Å². The zero-order valence-electron chi connectivity index (χ0n) is 17.7. The van der Waals surface area contributed by atoms with Crippen LogP contribution in [0.15, 0.2) is 28.8 Å². The highest BCUT2D eigenvalue weighted by atomic mass is 16.5. The van der Waals surface area contributed by atoms with Crippen LogP contribution in [0.1, 0.15) is 44.9 Å². The lowest BCUT2D eigenvalue weighted by Crippen LogP contribution is -2.40. The third-order valence-electron chi connectivity index (χ3n) is 4.84. The predicted molar refractivity (Wildman–Crippen MR) is 111 cm³/mol. The Morgan fingerprint density at radius 1 is 1.31 bits per heavy atom. The highest BCUT2D eigenvalue weighted by Gasteiger charge is 2.32. The molecule has 2 amide bonds. The summed E-state index contributed by atoms with van der Waals surface area (Å²) in [4.78, 5) is 21.6. The fourth-order valence-electron chi connectivity index (χ4n) is 3.59. The quantitative estimate of drug-likeness (QED) is 0.794. The van der Waals surface area contributed by atoms with Crippen LogP contribution >= 0.6 is 0 Å². The Bertz CT molecular complexity index is 790. The molecule has 2 aromatic rings. The number of benzene rings is 1. The zero-order valence-corrected chi connectivity index (χ0v) is 17.7. The second-order valence-corrected chi connectivity index (χ2v) is 7.77. The number of urea groups is 1. The van der Waals surface area contributed by atoms with Crippen molar-refractivity contribution in [3.05, 3.63) is 36.0 Å². The van der Waals surface area contributed by atoms with Gasteiger partial charge in [-0.15, -0.1) is 0 Å². The molecule has 1 N–H and O–H groups in total. The third kappa shape index (κ3) is 5.69. The molecule has 3 rings (SSSR count). The van der Waals surface area contributed by atoms with Crippen LogP contribution < -0.4 is 10.1 Å². The Balaban J connectivity index is 1.72. The minimum atomic E-state index is -0.123. The van der Waals surface area contributed by atoms with E-state index < -0.39 is 0 Å². The number of rotatable bonds is 6. The Labute approximate surface area is 172 Å². The van der Waals surface area contributed by atoms with E-state index in [1.54, 1.807) is 0 Å². The molecule has 0 bridgehead atoms. The summed E-state index contributed by atoms with van der Waals surface area (Å²) in [6, 6.07) is 7.19. The highest BCUT2D eigenvalue weighted by molar-refractivity contribution is 5.89. The molecule has 0 saturated carbocycles. The number of amides is 2. The van der Waals surface area contributed by atoms with Crippen LogP contribution in [0.5, 0.6) is 5.75 Å². The predicted octanol–water partition coefficient (Wildman–Crippen LogP) is 3.71. The first-order chi connectivity index (χ1) is 14.0. The van der Waals surface area contributed by atoms with Crippen molar-refractivity contribution in [1.29, 1.82) is 0 Å². The summed E-state index contributed by atoms with van der Waals surface area (Å²) in [7, 11) is 0. The van der Waals surface area contributed by atoms with Crippen LogP contribution in [0.4, 0.5) is 10.5 Å². The maximum absolute atomic E-state index is 12.9. The van der Waals surface area contributed by atoms with E-state index in [0.29, 0.717) is 37.3 Å². The molecule has 1 unspecified atom stereocenters. The van der Waals surface area contributed by atoms with Gasteiger partial charge in [0.25, 0.3) is 0 Å². The molecule has 1 aromatic carbocycles. The number of anilines is 1. The van der Waals surface area contributed by atoms with Gasteiger partial charge in [-0.2, -0.15) is 4.98 Å². The van der Waals surface area contributed by atoms with E-state index in [-0.39, 0.29) is 12.1 Å². The van der Waals surface area contributed by atoms with Gasteiger partial charge in [0.15, 0.2) is 5.82 Å². The molecule has 0 spiro atoms. The van der Waals surface area contributed by atoms with Crippen molar-refractivity contribution in [3.8, 4) is 5.75 Å². The van der Waals surface area contributed by atoms with Gasteiger partial charge in [-0.1, -0.05) is 19.0 Å². The van der Waals surface area contributed by atoms with Gasteiger partial charge in [0.05, 0.1) is 6.61 Å². The Morgan fingerprint density at radius 2 is 2.07 bits per heavy atom. The molecular formula is C21H31N5O3. The van der Waals surface area contributed by atoms with Gasteiger partial charge in [-0.3, -0.25) is 4.90 Å². The van der Waals surface area contributed by atoms with Gasteiger partial charge < -0.3 is 19.5 Å². The standard InChI is InChI=1S/C21H31N5O3/c1-5-28-18-9-7-17(8-10-18)23-21(27)26-12-6-11-25(13-15(2)3)19(14-26)20-22-16(4)24-29-20/h7-10,15,19H,5-6,11-14H2,1-4H3,(H,23,27). The monoisotopic (exact) mass is 401 g/mol. The molecule has 1 aliphatic heterocycles. The molecule has 29 heavy (non-hydrogen) atoms. The summed E-state index contributed by atoms with van der Waals surface area (Å²) in [6.07, 6.45) is 0.896. The van der Waals surface area contributed by atoms with Gasteiger partial charge >= 0.3 is 6.03 Å². The molecule has 0 radical (unpaired) electrons. The average molecular weight is 402 g/mol. The number of nitrogens with zero attached hydrogens (tertiary/aromatic N) is 4. The number of ether oxygens (including phenoxy) is 1. The van der Waals surface area contributed by atoms with Gasteiger partial charge in [0.1, 0.15) is 11.8 Å². The lowest BCUT2D eigenvalue weighted by molar-refractivity contribution is 0.138. The fraction of sp³-hybridized carbons (Fsp3) is 0.571. The van der Waals surface area contributed by atoms with Crippen molar-refractivity contribution in [2.75, 3.05) is 38.1 Å². The number of carbonyl (C=O) groups is 1. The number of carbonyl (C=O) groups excluding carboxylic acids is 1. The van der Waals surface area contributed by atoms with Crippen LogP contribution in [0, 0.1) is 12.8 Å². The summed E-state index contributed by atoms with van der Waals surface area (Å²) in [5, 5.41) is 6.94. The summed E-state index contributed by atoms with van der Waals surface area (Å²) >= 11 is 0. The minimum absolute atomic E-state index is 0.104. The summed E-state index contributed by atoms with van der Waals surface area (Å²) in [5.74, 6) is 2.48. The van der Waals surface area contributed by atoms with E-state index in [0.717, 1.165) is 30.9 Å². The largest absolute Gasteiger partial charge is 0.494 e. The first-order valence-corrected chi connectivity index (χ1v) is 10.3. The van der Waals surface area contributed by atoms with E-state index in [4.69, 9.17) is 9.26 Å². The van der Waals surface area contributed by atoms with E-state index in [1.165, 1.54) is 0 Å². The SMILES string of the molecule is CCOc1ccc(NC(=O)N2CCCN(CC(C)C)C(c3nc(C)no3)C2)cc1. The van der Waals surface area contributed by atoms with Gasteiger partial charge in [0, 0.05) is 31.9 Å². The number of nitrogens with one attached hydrogen (secondary N) is 1. The Morgan fingerprint density at radius 3 is 2.69 bits per heavy atom. The lowest BCUT2D eigenvalue weighted by Gasteiger charge is -2.30. The molecule has 2 heterocycles. The van der Waals surface area contributed by atoms with Crippen molar-refractivity contribution in [2.45, 2.75) is 40.2 Å². The van der Waals surface area contributed by atoms with Crippen molar-refractivity contribution in [3.63, 3.8) is 0 Å². The van der Waals surface area contributed by atoms with Gasteiger partial charge in [-0.05, 0) is 50.5 Å². The van der Waals surface area contributed by atoms with Crippen LogP contribution in [-0.2, 0) is 0 Å². The molecule has 0 aliphatic carbocycles. The van der Waals surface area contributed by atoms with Crippen LogP contribution in [0.2, 0.25) is 0 Å². The second-order valence-electron chi connectivity index (χ2n) is 7.77. The molecule has 158 valence electrons. The summed E-state index contributed by atoms with van der Waals surface area (Å²) in [5.41, 5.74) is 0.743. The lowest BCUT2D eigenvalue weighted by atomic mass is 10.1. The van der Waals surface area contributed by atoms with Crippen LogP contribution in [-0.4, -0.2) is 58.8 Å². The Kier molecular flexibility index (Phi) is 7.09. The van der Waals surface area contributed by atoms with Gasteiger partial charge in [0.2, 0.25) is 5.89 Å². The topological polar surface area (TPSA) is 83.7 Å². The van der Waals surface area contributed by atoms with Crippen LogP contribution in [0.3, 0.4) is 0 Å². The molecule has 1 saturated heterocycles. The van der Waals surface area contributed by atoms with Crippen LogP contribution in [0.25, 0.3) is 0 Å². The second kappa shape index (κ2) is 9.73. The maximum Gasteiger partial charge on any atom is 0.321 e. The maximum atomic E-state index is 12.9. The molecule has 8 heteroatoms. The first kappa shape index (κ1) is 21.1. The van der Waals surface area contributed by atoms with E-state index in [2.05, 4.69) is 34.2 Å². The van der Waals surface area contributed by atoms with E-state index in [1.807, 2.05) is 43.0 Å². The summed E-state index contributed by atoms with van der Waals surface area (Å²) < 4.78 is 10.9. The normalized spacial score (nSPS) is 18.0. The zero-order chi connectivity index (χ0) is 20.8. The number of hydrogen-bond acceptors (Lipinski definition) is 6. The first-order valence-electron chi connectivity index (χ1n) is 10.3. The van der Waals surface area contributed by atoms with E-state index in [9.17, 15) is 4.79 Å². The number of aryl methyl sites for hydroxylation is 1. The molecule has 8 nitrogen and oxygen atoms in total. The molecule has 1 atom stereocenters. The van der Waals surface area contributed by atoms with Crippen molar-refractivity contribution in [1.82, 2.24) is 19.9 Å². The highest BCUT2D eigenvalue weighted by Crippen LogP contribution is 2.26. The summed E-state index contributed by atoms with van der Waals surface area (Å²) in [6.45, 7) is 11.7. The Hall–Kier alpha value is -2.61. The average Bonchev–Trinajstić information content (AvgIpc) is 3.00. The van der Waals surface area contributed by atoms with Crippen molar-refractivity contribution >= 4 is 11.7 Å². The third-order valence-corrected chi connectivity index (χ3v) is 4.84.